The molecule has 0 spiro atoms. The van der Waals surface area contributed by atoms with Gasteiger partial charge in [0.15, 0.2) is 0 Å². The van der Waals surface area contributed by atoms with Gasteiger partial charge in [-0.15, -0.1) is 0 Å². The molecule has 4 N–H and O–H groups in total. The summed E-state index contributed by atoms with van der Waals surface area (Å²) in [7, 11) is 0. The highest BCUT2D eigenvalue weighted by atomic mass is 79.9. The molecular weight excluding hydrogens is 501 g/mol. The smallest absolute Gasteiger partial charge is 0.393 e. The second kappa shape index (κ2) is 9.72. The summed E-state index contributed by atoms with van der Waals surface area (Å²) in [6, 6.07) is 9.92. The number of amides is 2. The van der Waals surface area contributed by atoms with Gasteiger partial charge in [-0.05, 0) is 68.0 Å². The molecule has 1 heterocycles. The average molecular weight is 525 g/mol. The van der Waals surface area contributed by atoms with Crippen LogP contribution in [-0.2, 0) is 12.6 Å². The largest absolute Gasteiger partial charge is 0.416 e. The number of nitrogens with one attached hydrogen (secondary N) is 3. The number of alkyl halides is 3. The molecule has 3 aromatic rings. The summed E-state index contributed by atoms with van der Waals surface area (Å²) < 4.78 is 40.2. The average Bonchev–Trinajstić information content (AvgIpc) is 3.19. The molecule has 1 aliphatic rings. The van der Waals surface area contributed by atoms with Crippen LogP contribution in [0.5, 0.6) is 0 Å². The monoisotopic (exact) mass is 524 g/mol. The molecule has 1 aromatic heterocycles. The van der Waals surface area contributed by atoms with Crippen molar-refractivity contribution in [1.82, 2.24) is 20.6 Å². The first-order valence-corrected chi connectivity index (χ1v) is 11.5. The van der Waals surface area contributed by atoms with Gasteiger partial charge in [0.2, 0.25) is 0 Å². The van der Waals surface area contributed by atoms with Crippen LogP contribution in [0.1, 0.15) is 48.7 Å². The fraction of sp³-hybridized carbons (Fsp3) is 0.391. The molecule has 2 amide bonds. The van der Waals surface area contributed by atoms with Crippen molar-refractivity contribution in [2.45, 2.75) is 56.5 Å². The Morgan fingerprint density at radius 3 is 2.52 bits per heavy atom. The van der Waals surface area contributed by atoms with E-state index in [9.17, 15) is 23.1 Å². The normalized spacial score (nSPS) is 19.9. The standard InChI is InChI=1S/C23H24BrF3N4O2/c24-15-4-1-13(2-5-15)11-20(31-22(33)28-16-6-8-17(32)9-7-16)21-29-18-10-3-14(23(25,26)27)12-19(18)30-21/h1-5,10,12,16-17,20,32H,6-9,11H2,(H,29,30)(H2,28,31,33)/t16?,17?,20-/m1/s1. The number of halogens is 4. The number of aliphatic hydroxyl groups is 1. The number of imidazole rings is 1. The predicted octanol–water partition coefficient (Wildman–Crippen LogP) is 5.23. The zero-order valence-electron chi connectivity index (χ0n) is 17.6. The number of carbonyl (C=O) groups excluding carboxylic acids is 1. The summed E-state index contributed by atoms with van der Waals surface area (Å²) in [6.45, 7) is 0. The highest BCUT2D eigenvalue weighted by molar-refractivity contribution is 9.10. The quantitative estimate of drug-likeness (QED) is 0.368. The Morgan fingerprint density at radius 2 is 1.85 bits per heavy atom. The lowest BCUT2D eigenvalue weighted by Gasteiger charge is -2.27. The molecule has 0 bridgehead atoms. The molecule has 176 valence electrons. The van der Waals surface area contributed by atoms with Crippen LogP contribution >= 0.6 is 15.9 Å². The minimum absolute atomic E-state index is 0.0354. The third kappa shape index (κ3) is 6.05. The van der Waals surface area contributed by atoms with Gasteiger partial charge in [0.05, 0.1) is 28.7 Å². The number of hydrogen-bond donors (Lipinski definition) is 4. The number of carbonyl (C=O) groups is 1. The number of aromatic nitrogens is 2. The molecule has 0 unspecified atom stereocenters. The Hall–Kier alpha value is -2.59. The van der Waals surface area contributed by atoms with Crippen LogP contribution < -0.4 is 10.6 Å². The van der Waals surface area contributed by atoms with E-state index in [4.69, 9.17) is 0 Å². The molecule has 6 nitrogen and oxygen atoms in total. The van der Waals surface area contributed by atoms with Gasteiger partial charge in [0.1, 0.15) is 5.82 Å². The van der Waals surface area contributed by atoms with Gasteiger partial charge in [-0.2, -0.15) is 13.2 Å². The molecule has 1 saturated carbocycles. The number of aliphatic hydroxyl groups excluding tert-OH is 1. The van der Waals surface area contributed by atoms with Crippen molar-refractivity contribution in [3.05, 3.63) is 63.9 Å². The summed E-state index contributed by atoms with van der Waals surface area (Å²) in [5, 5.41) is 15.5. The first kappa shape index (κ1) is 23.6. The maximum absolute atomic E-state index is 13.1. The second-order valence-electron chi connectivity index (χ2n) is 8.36. The Kier molecular flexibility index (Phi) is 6.94. The van der Waals surface area contributed by atoms with Gasteiger partial charge >= 0.3 is 12.2 Å². The van der Waals surface area contributed by atoms with Gasteiger partial charge in [-0.1, -0.05) is 28.1 Å². The molecule has 0 saturated heterocycles. The molecular formula is C23H24BrF3N4O2. The lowest BCUT2D eigenvalue weighted by atomic mass is 9.93. The SMILES string of the molecule is O=C(NC1CCC(O)CC1)N[C@H](Cc1ccc(Br)cc1)c1nc2ccc(C(F)(F)F)cc2[nH]1. The fourth-order valence-corrected chi connectivity index (χ4v) is 4.31. The number of fused-ring (bicyclic) bond motifs is 1. The summed E-state index contributed by atoms with van der Waals surface area (Å²) in [4.78, 5) is 20.1. The van der Waals surface area contributed by atoms with Gasteiger partial charge in [0, 0.05) is 10.5 Å². The van der Waals surface area contributed by atoms with E-state index in [2.05, 4.69) is 36.5 Å². The van der Waals surface area contributed by atoms with Crippen molar-refractivity contribution in [3.8, 4) is 0 Å². The van der Waals surface area contributed by atoms with Crippen LogP contribution in [0.3, 0.4) is 0 Å². The van der Waals surface area contributed by atoms with Crippen molar-refractivity contribution < 1.29 is 23.1 Å². The van der Waals surface area contributed by atoms with E-state index in [1.807, 2.05) is 24.3 Å². The number of nitrogens with zero attached hydrogens (tertiary/aromatic N) is 1. The Morgan fingerprint density at radius 1 is 1.15 bits per heavy atom. The molecule has 4 rings (SSSR count). The van der Waals surface area contributed by atoms with E-state index in [1.165, 1.54) is 6.07 Å². The van der Waals surface area contributed by atoms with Crippen molar-refractivity contribution in [2.75, 3.05) is 0 Å². The molecule has 1 fully saturated rings. The molecule has 1 atom stereocenters. The number of benzene rings is 2. The van der Waals surface area contributed by atoms with Crippen molar-refractivity contribution >= 4 is 33.0 Å². The van der Waals surface area contributed by atoms with Gasteiger partial charge in [0.25, 0.3) is 0 Å². The Labute approximate surface area is 197 Å². The first-order chi connectivity index (χ1) is 15.7. The zero-order valence-corrected chi connectivity index (χ0v) is 19.2. The third-order valence-corrected chi connectivity index (χ3v) is 6.38. The van der Waals surface area contributed by atoms with Crippen molar-refractivity contribution in [1.29, 1.82) is 0 Å². The minimum Gasteiger partial charge on any atom is -0.393 e. The van der Waals surface area contributed by atoms with E-state index < -0.39 is 17.8 Å². The van der Waals surface area contributed by atoms with Crippen LogP contribution in [0.2, 0.25) is 0 Å². The van der Waals surface area contributed by atoms with E-state index in [-0.39, 0.29) is 23.7 Å². The summed E-state index contributed by atoms with van der Waals surface area (Å²) in [6.07, 6.45) is -1.73. The maximum Gasteiger partial charge on any atom is 0.416 e. The van der Waals surface area contributed by atoms with E-state index in [0.717, 1.165) is 22.2 Å². The van der Waals surface area contributed by atoms with Crippen LogP contribution in [0.25, 0.3) is 11.0 Å². The lowest BCUT2D eigenvalue weighted by Crippen LogP contribution is -2.45. The number of hydrogen-bond acceptors (Lipinski definition) is 3. The van der Waals surface area contributed by atoms with Crippen molar-refractivity contribution in [3.63, 3.8) is 0 Å². The maximum atomic E-state index is 13.1. The third-order valence-electron chi connectivity index (χ3n) is 5.85. The highest BCUT2D eigenvalue weighted by Gasteiger charge is 2.31. The molecule has 10 heteroatoms. The summed E-state index contributed by atoms with van der Waals surface area (Å²) >= 11 is 3.39. The first-order valence-electron chi connectivity index (χ1n) is 10.7. The van der Waals surface area contributed by atoms with Crippen LogP contribution in [0.4, 0.5) is 18.0 Å². The lowest BCUT2D eigenvalue weighted by molar-refractivity contribution is -0.137. The van der Waals surface area contributed by atoms with E-state index in [1.54, 1.807) is 0 Å². The molecule has 1 aliphatic carbocycles. The molecule has 0 aliphatic heterocycles. The van der Waals surface area contributed by atoms with Gasteiger partial charge < -0.3 is 20.7 Å². The van der Waals surface area contributed by atoms with Crippen molar-refractivity contribution in [2.24, 2.45) is 0 Å². The number of aromatic amines is 1. The Bertz CT molecular complexity index is 1110. The van der Waals surface area contributed by atoms with Crippen LogP contribution in [0, 0.1) is 0 Å². The highest BCUT2D eigenvalue weighted by Crippen LogP contribution is 2.31. The summed E-state index contributed by atoms with van der Waals surface area (Å²) in [5.41, 5.74) is 0.812. The van der Waals surface area contributed by atoms with E-state index >= 15 is 0 Å². The van der Waals surface area contributed by atoms with Gasteiger partial charge in [-0.3, -0.25) is 0 Å². The molecule has 0 radical (unpaired) electrons. The second-order valence-corrected chi connectivity index (χ2v) is 9.27. The topological polar surface area (TPSA) is 90.0 Å². The van der Waals surface area contributed by atoms with Crippen LogP contribution in [-0.4, -0.2) is 33.3 Å². The number of urea groups is 1. The number of H-pyrrole nitrogens is 1. The minimum atomic E-state index is -4.46. The van der Waals surface area contributed by atoms with Gasteiger partial charge in [-0.25, -0.2) is 9.78 Å². The number of rotatable bonds is 5. The zero-order chi connectivity index (χ0) is 23.6. The Balaban J connectivity index is 1.56. The molecule has 33 heavy (non-hydrogen) atoms. The fourth-order valence-electron chi connectivity index (χ4n) is 4.05. The van der Waals surface area contributed by atoms with Crippen LogP contribution in [0.15, 0.2) is 46.9 Å². The predicted molar refractivity (Wildman–Crippen MR) is 122 cm³/mol. The summed E-state index contributed by atoms with van der Waals surface area (Å²) in [5.74, 6) is 0.376. The van der Waals surface area contributed by atoms with E-state index in [0.29, 0.717) is 43.4 Å². The molecule has 2 aromatic carbocycles.